The van der Waals surface area contributed by atoms with Gasteiger partial charge in [-0.3, -0.25) is 4.79 Å². The van der Waals surface area contributed by atoms with Crippen LogP contribution >= 0.6 is 27.5 Å². The number of rotatable bonds is 4. The molecule has 0 saturated carbocycles. The number of amides is 1. The van der Waals surface area contributed by atoms with Gasteiger partial charge in [-0.2, -0.15) is 4.31 Å². The molecule has 0 fully saturated rings. The molecule has 1 aromatic rings. The number of benzene rings is 1. The lowest BCUT2D eigenvalue weighted by molar-refractivity contribution is -0.122. The molecule has 8 heteroatoms. The summed E-state index contributed by atoms with van der Waals surface area (Å²) in [6.07, 6.45) is 0. The first-order valence-electron chi connectivity index (χ1n) is 6.16. The lowest BCUT2D eigenvalue weighted by atomic mass is 10.1. The van der Waals surface area contributed by atoms with Crippen molar-refractivity contribution in [1.29, 1.82) is 0 Å². The largest absolute Gasteiger partial charge is 0.350 e. The van der Waals surface area contributed by atoms with Crippen LogP contribution in [0.25, 0.3) is 0 Å². The molecule has 1 rings (SSSR count). The summed E-state index contributed by atoms with van der Waals surface area (Å²) in [7, 11) is -2.38. The number of hydrogen-bond acceptors (Lipinski definition) is 3. The molecule has 0 aromatic heterocycles. The number of sulfonamides is 1. The fraction of sp³-hybridized carbons (Fsp3) is 0.462. The van der Waals surface area contributed by atoms with Crippen LogP contribution in [0, 0.1) is 0 Å². The fourth-order valence-electron chi connectivity index (χ4n) is 1.56. The molecule has 1 aromatic carbocycles. The molecule has 0 radical (unpaired) electrons. The number of hydrogen-bond donors (Lipinski definition) is 1. The van der Waals surface area contributed by atoms with Crippen LogP contribution in [0.1, 0.15) is 20.8 Å². The summed E-state index contributed by atoms with van der Waals surface area (Å²) in [6, 6.07) is 4.30. The Morgan fingerprint density at radius 2 is 1.95 bits per heavy atom. The van der Waals surface area contributed by atoms with Gasteiger partial charge in [0.05, 0.1) is 16.5 Å². The standard InChI is InChI=1S/C13H18BrClN2O3S/c1-13(2,3)16-12(18)8-17(4)21(19,20)9-5-6-11(15)10(14)7-9/h5-7H,8H2,1-4H3,(H,16,18). The maximum atomic E-state index is 12.4. The minimum absolute atomic E-state index is 0.0739. The molecule has 5 nitrogen and oxygen atoms in total. The number of carbonyl (C=O) groups is 1. The van der Waals surface area contributed by atoms with Gasteiger partial charge in [0.15, 0.2) is 0 Å². The van der Waals surface area contributed by atoms with E-state index in [4.69, 9.17) is 11.6 Å². The van der Waals surface area contributed by atoms with Crippen molar-refractivity contribution >= 4 is 43.5 Å². The molecule has 0 atom stereocenters. The second-order valence-electron chi connectivity index (χ2n) is 5.64. The highest BCUT2D eigenvalue weighted by Gasteiger charge is 2.25. The third kappa shape index (κ3) is 5.25. The highest BCUT2D eigenvalue weighted by atomic mass is 79.9. The van der Waals surface area contributed by atoms with Crippen LogP contribution in [-0.2, 0) is 14.8 Å². The molecule has 21 heavy (non-hydrogen) atoms. The van der Waals surface area contributed by atoms with Crippen LogP contribution in [0.2, 0.25) is 5.02 Å². The Morgan fingerprint density at radius 1 is 1.38 bits per heavy atom. The van der Waals surface area contributed by atoms with Gasteiger partial charge in [0.1, 0.15) is 0 Å². The van der Waals surface area contributed by atoms with Gasteiger partial charge < -0.3 is 5.32 Å². The number of halogens is 2. The second kappa shape index (κ2) is 6.64. The molecular weight excluding hydrogens is 380 g/mol. The molecule has 0 spiro atoms. The predicted molar refractivity (Wildman–Crippen MR) is 86.9 cm³/mol. The van der Waals surface area contributed by atoms with E-state index in [1.165, 1.54) is 25.2 Å². The molecule has 0 heterocycles. The van der Waals surface area contributed by atoms with E-state index in [9.17, 15) is 13.2 Å². The van der Waals surface area contributed by atoms with E-state index in [1.807, 2.05) is 20.8 Å². The Kier molecular flexibility index (Phi) is 5.83. The third-order valence-electron chi connectivity index (χ3n) is 2.48. The Morgan fingerprint density at radius 3 is 2.43 bits per heavy atom. The normalized spacial score (nSPS) is 12.5. The van der Waals surface area contributed by atoms with Crippen molar-refractivity contribution in [3.8, 4) is 0 Å². The molecule has 1 N–H and O–H groups in total. The van der Waals surface area contributed by atoms with Gasteiger partial charge in [0.2, 0.25) is 15.9 Å². The van der Waals surface area contributed by atoms with Gasteiger partial charge in [-0.15, -0.1) is 0 Å². The second-order valence-corrected chi connectivity index (χ2v) is 8.94. The van der Waals surface area contributed by atoms with E-state index < -0.39 is 15.6 Å². The van der Waals surface area contributed by atoms with Gasteiger partial charge in [-0.25, -0.2) is 8.42 Å². The zero-order valence-electron chi connectivity index (χ0n) is 12.3. The minimum atomic E-state index is -3.75. The zero-order chi connectivity index (χ0) is 16.4. The van der Waals surface area contributed by atoms with Crippen molar-refractivity contribution in [2.75, 3.05) is 13.6 Å². The number of likely N-dealkylation sites (N-methyl/N-ethyl adjacent to an activating group) is 1. The number of carbonyl (C=O) groups excluding carboxylic acids is 1. The number of nitrogens with zero attached hydrogens (tertiary/aromatic N) is 1. The van der Waals surface area contributed by atoms with Crippen LogP contribution in [0.4, 0.5) is 0 Å². The fourth-order valence-corrected chi connectivity index (χ4v) is 3.36. The first kappa shape index (κ1) is 18.4. The average molecular weight is 398 g/mol. The quantitative estimate of drug-likeness (QED) is 0.849. The molecule has 0 aliphatic carbocycles. The zero-order valence-corrected chi connectivity index (χ0v) is 15.4. The van der Waals surface area contributed by atoms with Crippen LogP contribution in [0.3, 0.4) is 0 Å². The monoisotopic (exact) mass is 396 g/mol. The van der Waals surface area contributed by atoms with E-state index in [2.05, 4.69) is 21.2 Å². The lowest BCUT2D eigenvalue weighted by Crippen LogP contribution is -2.46. The maximum Gasteiger partial charge on any atom is 0.243 e. The van der Waals surface area contributed by atoms with Gasteiger partial charge in [-0.1, -0.05) is 11.6 Å². The maximum absolute atomic E-state index is 12.4. The molecule has 1 amide bonds. The van der Waals surface area contributed by atoms with E-state index in [0.717, 1.165) is 4.31 Å². The van der Waals surface area contributed by atoms with Crippen molar-refractivity contribution in [2.45, 2.75) is 31.2 Å². The smallest absolute Gasteiger partial charge is 0.243 e. The van der Waals surface area contributed by atoms with Crippen LogP contribution in [0.5, 0.6) is 0 Å². The summed E-state index contributed by atoms with van der Waals surface area (Å²) < 4.78 is 26.2. The summed E-state index contributed by atoms with van der Waals surface area (Å²) in [4.78, 5) is 11.9. The average Bonchev–Trinajstić information content (AvgIpc) is 2.29. The van der Waals surface area contributed by atoms with E-state index in [0.29, 0.717) is 9.50 Å². The van der Waals surface area contributed by atoms with Gasteiger partial charge in [-0.05, 0) is 54.9 Å². The van der Waals surface area contributed by atoms with Crippen molar-refractivity contribution < 1.29 is 13.2 Å². The molecule has 0 bridgehead atoms. The highest BCUT2D eigenvalue weighted by molar-refractivity contribution is 9.10. The van der Waals surface area contributed by atoms with Crippen molar-refractivity contribution in [2.24, 2.45) is 0 Å². The summed E-state index contributed by atoms with van der Waals surface area (Å²) in [5.41, 5.74) is -0.412. The van der Waals surface area contributed by atoms with Crippen molar-refractivity contribution in [3.05, 3.63) is 27.7 Å². The Labute approximate surface area is 138 Å². The Bertz CT molecular complexity index is 641. The predicted octanol–water partition coefficient (Wildman–Crippen LogP) is 2.64. The first-order valence-corrected chi connectivity index (χ1v) is 8.77. The SMILES string of the molecule is CN(CC(=O)NC(C)(C)C)S(=O)(=O)c1ccc(Cl)c(Br)c1. The van der Waals surface area contributed by atoms with E-state index >= 15 is 0 Å². The lowest BCUT2D eigenvalue weighted by Gasteiger charge is -2.23. The van der Waals surface area contributed by atoms with Crippen LogP contribution in [-0.4, -0.2) is 37.8 Å². The van der Waals surface area contributed by atoms with E-state index in [-0.39, 0.29) is 17.3 Å². The topological polar surface area (TPSA) is 66.5 Å². The summed E-state index contributed by atoms with van der Waals surface area (Å²) >= 11 is 9.03. The summed E-state index contributed by atoms with van der Waals surface area (Å²) in [5, 5.41) is 3.14. The van der Waals surface area contributed by atoms with Crippen molar-refractivity contribution in [3.63, 3.8) is 0 Å². The molecule has 0 aliphatic rings. The Balaban J connectivity index is 2.92. The Hall–Kier alpha value is -0.630. The van der Waals surface area contributed by atoms with E-state index in [1.54, 1.807) is 0 Å². The molecule has 0 saturated heterocycles. The van der Waals surface area contributed by atoms with Gasteiger partial charge in [0, 0.05) is 17.1 Å². The summed E-state index contributed by atoms with van der Waals surface area (Å²) in [6.45, 7) is 5.24. The third-order valence-corrected chi connectivity index (χ3v) is 5.49. The molecular formula is C13H18BrClN2O3S. The summed E-state index contributed by atoms with van der Waals surface area (Å²) in [5.74, 6) is -0.360. The number of nitrogens with one attached hydrogen (secondary N) is 1. The van der Waals surface area contributed by atoms with Crippen molar-refractivity contribution in [1.82, 2.24) is 9.62 Å². The van der Waals surface area contributed by atoms with Gasteiger partial charge in [0.25, 0.3) is 0 Å². The molecule has 0 unspecified atom stereocenters. The first-order chi connectivity index (χ1) is 9.43. The highest BCUT2D eigenvalue weighted by Crippen LogP contribution is 2.26. The van der Waals surface area contributed by atoms with Crippen LogP contribution in [0.15, 0.2) is 27.6 Å². The molecule has 0 aliphatic heterocycles. The van der Waals surface area contributed by atoms with Crippen LogP contribution < -0.4 is 5.32 Å². The van der Waals surface area contributed by atoms with Gasteiger partial charge >= 0.3 is 0 Å². The molecule has 118 valence electrons. The minimum Gasteiger partial charge on any atom is -0.350 e.